The minimum absolute atomic E-state index is 0.0398. The standard InChI is InChI=1S/C28H29FN2O4/c29-19-8-10-20(11-9-19)30-27(32)35-31-26-22-7-3-2-6-21(22)23-16-18-12-15-28(13-4-1-5-14-28)34-24(18)17-25(23)33-26/h8-11,16-17H,1-7,12-15H2,(H,30,32). The lowest BCUT2D eigenvalue weighted by Gasteiger charge is -2.41. The largest absolute Gasteiger partial charge is 0.487 e. The molecular formula is C28H29FN2O4. The highest BCUT2D eigenvalue weighted by atomic mass is 19.1. The maximum Gasteiger partial charge on any atom is 0.437 e. The Labute approximate surface area is 203 Å². The number of ether oxygens (including phenoxy) is 1. The van der Waals surface area contributed by atoms with Crippen molar-refractivity contribution in [3.8, 4) is 5.75 Å². The SMILES string of the molecule is O=C(Nc1ccc(F)cc1)ON=c1oc2cc3c(cc2c2c1CCCC2)CCC1(CCCCC1)O3. The minimum Gasteiger partial charge on any atom is -0.487 e. The molecule has 2 aliphatic carbocycles. The first-order valence-corrected chi connectivity index (χ1v) is 12.7. The van der Waals surface area contributed by atoms with Gasteiger partial charge in [0.15, 0.2) is 0 Å². The summed E-state index contributed by atoms with van der Waals surface area (Å²) in [6.45, 7) is 0. The predicted octanol–water partition coefficient (Wildman–Crippen LogP) is 6.54. The molecule has 35 heavy (non-hydrogen) atoms. The van der Waals surface area contributed by atoms with E-state index >= 15 is 0 Å². The topological polar surface area (TPSA) is 73.1 Å². The molecule has 0 bridgehead atoms. The van der Waals surface area contributed by atoms with Crippen LogP contribution in [-0.4, -0.2) is 11.7 Å². The zero-order valence-electron chi connectivity index (χ0n) is 19.7. The van der Waals surface area contributed by atoms with Crippen LogP contribution in [0.15, 0.2) is 46.0 Å². The van der Waals surface area contributed by atoms with Crippen LogP contribution in [0, 0.1) is 5.82 Å². The van der Waals surface area contributed by atoms with Gasteiger partial charge in [0.2, 0.25) is 0 Å². The van der Waals surface area contributed by atoms with Gasteiger partial charge in [0, 0.05) is 22.7 Å². The molecule has 0 unspecified atom stereocenters. The third kappa shape index (κ3) is 4.40. The van der Waals surface area contributed by atoms with E-state index in [1.807, 2.05) is 6.07 Å². The second-order valence-electron chi connectivity index (χ2n) is 9.98. The summed E-state index contributed by atoms with van der Waals surface area (Å²) in [5, 5.41) is 7.74. The molecular weight excluding hydrogens is 447 g/mol. The van der Waals surface area contributed by atoms with Crippen LogP contribution in [0.1, 0.15) is 68.1 Å². The van der Waals surface area contributed by atoms with Gasteiger partial charge in [0.25, 0.3) is 5.55 Å². The van der Waals surface area contributed by atoms with E-state index in [0.29, 0.717) is 16.8 Å². The van der Waals surface area contributed by atoms with Crippen LogP contribution in [0.25, 0.3) is 11.0 Å². The van der Waals surface area contributed by atoms with Crippen LogP contribution in [0.2, 0.25) is 0 Å². The first kappa shape index (κ1) is 22.1. The molecule has 6 nitrogen and oxygen atoms in total. The third-order valence-electron chi connectivity index (χ3n) is 7.66. The molecule has 1 N–H and O–H groups in total. The predicted molar refractivity (Wildman–Crippen MR) is 130 cm³/mol. The van der Waals surface area contributed by atoms with Crippen LogP contribution in [0.5, 0.6) is 5.75 Å². The van der Waals surface area contributed by atoms with Crippen LogP contribution in [0.3, 0.4) is 0 Å². The molecule has 1 aliphatic heterocycles. The summed E-state index contributed by atoms with van der Waals surface area (Å²) < 4.78 is 25.9. The Morgan fingerprint density at radius 2 is 1.71 bits per heavy atom. The summed E-state index contributed by atoms with van der Waals surface area (Å²) in [6.07, 6.45) is 11.2. The lowest BCUT2D eigenvalue weighted by molar-refractivity contribution is 0.0109. The van der Waals surface area contributed by atoms with Gasteiger partial charge in [-0.15, -0.1) is 0 Å². The maximum absolute atomic E-state index is 13.1. The number of aryl methyl sites for hydroxylation is 2. The number of rotatable bonds is 2. The Bertz CT molecular complexity index is 1340. The Hall–Kier alpha value is -3.35. The van der Waals surface area contributed by atoms with Gasteiger partial charge in [0.05, 0.1) is 0 Å². The number of nitrogens with zero attached hydrogens (tertiary/aromatic N) is 1. The van der Waals surface area contributed by atoms with E-state index in [9.17, 15) is 9.18 Å². The van der Waals surface area contributed by atoms with Gasteiger partial charge in [0.1, 0.15) is 22.8 Å². The zero-order valence-corrected chi connectivity index (χ0v) is 19.7. The molecule has 1 aromatic heterocycles. The maximum atomic E-state index is 13.1. The number of halogens is 1. The molecule has 7 heteroatoms. The zero-order chi connectivity index (χ0) is 23.8. The van der Waals surface area contributed by atoms with Crippen LogP contribution in [0.4, 0.5) is 14.9 Å². The summed E-state index contributed by atoms with van der Waals surface area (Å²) in [5.41, 5.74) is 4.88. The minimum atomic E-state index is -0.760. The van der Waals surface area contributed by atoms with E-state index in [2.05, 4.69) is 16.5 Å². The third-order valence-corrected chi connectivity index (χ3v) is 7.66. The normalized spacial score (nSPS) is 19.1. The smallest absolute Gasteiger partial charge is 0.437 e. The number of amides is 1. The highest BCUT2D eigenvalue weighted by Crippen LogP contribution is 2.43. The molecule has 1 fully saturated rings. The summed E-state index contributed by atoms with van der Waals surface area (Å²) in [6, 6.07) is 9.69. The van der Waals surface area contributed by atoms with Crippen LogP contribution < -0.4 is 15.6 Å². The molecule has 0 saturated heterocycles. The van der Waals surface area contributed by atoms with Crippen LogP contribution in [-0.2, 0) is 24.1 Å². The molecule has 1 saturated carbocycles. The fourth-order valence-corrected chi connectivity index (χ4v) is 5.85. The first-order chi connectivity index (χ1) is 17.1. The Morgan fingerprint density at radius 1 is 0.943 bits per heavy atom. The fourth-order valence-electron chi connectivity index (χ4n) is 5.85. The highest BCUT2D eigenvalue weighted by molar-refractivity contribution is 5.85. The molecule has 182 valence electrons. The van der Waals surface area contributed by atoms with Gasteiger partial charge in [-0.3, -0.25) is 10.2 Å². The van der Waals surface area contributed by atoms with Crippen molar-refractivity contribution in [2.75, 3.05) is 5.32 Å². The van der Waals surface area contributed by atoms with E-state index in [-0.39, 0.29) is 11.4 Å². The van der Waals surface area contributed by atoms with Crippen molar-refractivity contribution >= 4 is 22.7 Å². The number of hydrogen-bond acceptors (Lipinski definition) is 5. The molecule has 1 spiro atoms. The molecule has 2 aromatic carbocycles. The van der Waals surface area contributed by atoms with Gasteiger partial charge in [-0.25, -0.2) is 9.18 Å². The van der Waals surface area contributed by atoms with Gasteiger partial charge in [-0.1, -0.05) is 6.42 Å². The average molecular weight is 477 g/mol. The van der Waals surface area contributed by atoms with Crippen molar-refractivity contribution in [3.63, 3.8) is 0 Å². The lowest BCUT2D eigenvalue weighted by Crippen LogP contribution is -2.41. The van der Waals surface area contributed by atoms with E-state index in [1.165, 1.54) is 54.7 Å². The van der Waals surface area contributed by atoms with Gasteiger partial charge in [-0.05, 0) is 111 Å². The van der Waals surface area contributed by atoms with Crippen LogP contribution >= 0.6 is 0 Å². The van der Waals surface area contributed by atoms with Crippen molar-refractivity contribution < 1.29 is 23.2 Å². The van der Waals surface area contributed by atoms with Crippen molar-refractivity contribution in [2.45, 2.75) is 76.2 Å². The van der Waals surface area contributed by atoms with Gasteiger partial charge < -0.3 is 9.15 Å². The molecule has 3 aromatic rings. The number of hydrogen-bond donors (Lipinski definition) is 1. The first-order valence-electron chi connectivity index (χ1n) is 12.7. The highest BCUT2D eigenvalue weighted by Gasteiger charge is 2.37. The number of fused-ring (bicyclic) bond motifs is 4. The second kappa shape index (κ2) is 9.02. The quantitative estimate of drug-likeness (QED) is 0.337. The summed E-state index contributed by atoms with van der Waals surface area (Å²) in [4.78, 5) is 17.4. The van der Waals surface area contributed by atoms with E-state index in [1.54, 1.807) is 0 Å². The molecule has 1 amide bonds. The van der Waals surface area contributed by atoms with E-state index in [0.717, 1.165) is 68.1 Å². The van der Waals surface area contributed by atoms with Crippen molar-refractivity contribution in [3.05, 3.63) is 64.5 Å². The molecule has 3 aliphatic rings. The molecule has 2 heterocycles. The Balaban J connectivity index is 1.34. The number of carbonyl (C=O) groups excluding carboxylic acids is 1. The Kier molecular flexibility index (Phi) is 5.71. The summed E-state index contributed by atoms with van der Waals surface area (Å²) in [5.74, 6) is 0.529. The number of nitrogens with one attached hydrogen (secondary N) is 1. The monoisotopic (exact) mass is 476 g/mol. The van der Waals surface area contributed by atoms with Gasteiger partial charge >= 0.3 is 6.09 Å². The van der Waals surface area contributed by atoms with Crippen molar-refractivity contribution in [1.82, 2.24) is 0 Å². The number of anilines is 1. The average Bonchev–Trinajstić information content (AvgIpc) is 2.88. The van der Waals surface area contributed by atoms with Crippen molar-refractivity contribution in [1.29, 1.82) is 0 Å². The second-order valence-corrected chi connectivity index (χ2v) is 9.98. The number of benzene rings is 2. The molecule has 0 atom stereocenters. The van der Waals surface area contributed by atoms with E-state index < -0.39 is 6.09 Å². The van der Waals surface area contributed by atoms with E-state index in [4.69, 9.17) is 14.0 Å². The Morgan fingerprint density at radius 3 is 2.51 bits per heavy atom. The lowest BCUT2D eigenvalue weighted by atomic mass is 9.78. The van der Waals surface area contributed by atoms with Gasteiger partial charge in [-0.2, -0.15) is 0 Å². The van der Waals surface area contributed by atoms with Crippen molar-refractivity contribution in [2.24, 2.45) is 5.16 Å². The fraction of sp³-hybridized carbons (Fsp3) is 0.429. The molecule has 0 radical (unpaired) electrons. The summed E-state index contributed by atoms with van der Waals surface area (Å²) in [7, 11) is 0. The number of carbonyl (C=O) groups is 1. The molecule has 6 rings (SSSR count). The summed E-state index contributed by atoms with van der Waals surface area (Å²) >= 11 is 0.